The van der Waals surface area contributed by atoms with Crippen LogP contribution in [-0.4, -0.2) is 44.8 Å². The highest BCUT2D eigenvalue weighted by molar-refractivity contribution is 6.20. The Morgan fingerprint density at radius 3 is 1.39 bits per heavy atom. The number of carbonyl (C=O) groups excluding carboxylic acids is 2. The van der Waals surface area contributed by atoms with Crippen molar-refractivity contribution >= 4 is 19.5 Å². The van der Waals surface area contributed by atoms with Gasteiger partial charge in [-0.3, -0.25) is 9.59 Å². The molecule has 0 atom stereocenters. The van der Waals surface area contributed by atoms with Crippen LogP contribution in [0.15, 0.2) is 48.5 Å². The third-order valence-electron chi connectivity index (χ3n) is 4.64. The molecule has 2 aliphatic carbocycles. The highest BCUT2D eigenvalue weighted by Crippen LogP contribution is 2.21. The summed E-state index contributed by atoms with van der Waals surface area (Å²) < 4.78 is 21.8. The fourth-order valence-electron chi connectivity index (χ4n) is 2.66. The molecule has 1 radical (unpaired) electrons. The van der Waals surface area contributed by atoms with Crippen LogP contribution in [0.25, 0.3) is 0 Å². The molecular formula is C22H24BN2O6. The maximum atomic E-state index is 11.6. The molecule has 2 N–H and O–H groups in total. The number of ether oxygens (including phenoxy) is 2. The lowest BCUT2D eigenvalue weighted by atomic mass is 10.3. The van der Waals surface area contributed by atoms with Crippen LogP contribution in [0.4, 0.5) is 0 Å². The van der Waals surface area contributed by atoms with Gasteiger partial charge in [0.05, 0.1) is 0 Å². The van der Waals surface area contributed by atoms with E-state index in [9.17, 15) is 9.59 Å². The highest BCUT2D eigenvalue weighted by Gasteiger charge is 2.23. The summed E-state index contributed by atoms with van der Waals surface area (Å²) in [6, 6.07) is 14.4. The first-order chi connectivity index (χ1) is 15.1. The number of rotatable bonds is 12. The first-order valence-corrected chi connectivity index (χ1v) is 10.3. The standard InChI is InChI=1S/C22H24BN2O6/c26-21(24-15-1-2-15)13-28-17-5-9-19(10-6-17)30-23-31-20-11-7-18(8-12-20)29-14-22(27)25-16-3-4-16/h5-12,15-16H,1-4,13-14H2,(H,24,26)(H,25,27). The molecule has 161 valence electrons. The highest BCUT2D eigenvalue weighted by atomic mass is 16.6. The van der Waals surface area contributed by atoms with Crippen LogP contribution in [0.1, 0.15) is 25.7 Å². The summed E-state index contributed by atoms with van der Waals surface area (Å²) in [5, 5.41) is 5.73. The molecule has 0 aliphatic heterocycles. The number of amides is 2. The SMILES string of the molecule is O=C(COc1ccc(O[B]Oc2ccc(OCC(=O)NC3CC3)cc2)cc1)NC1CC1. The van der Waals surface area contributed by atoms with Crippen molar-refractivity contribution in [1.29, 1.82) is 0 Å². The Morgan fingerprint density at radius 2 is 1.03 bits per heavy atom. The van der Waals surface area contributed by atoms with Crippen LogP contribution in [0.5, 0.6) is 23.0 Å². The van der Waals surface area contributed by atoms with Gasteiger partial charge in [-0.1, -0.05) is 0 Å². The molecule has 2 saturated carbocycles. The molecule has 0 bridgehead atoms. The van der Waals surface area contributed by atoms with Gasteiger partial charge in [-0.2, -0.15) is 0 Å². The van der Waals surface area contributed by atoms with Crippen LogP contribution < -0.4 is 29.4 Å². The van der Waals surface area contributed by atoms with Gasteiger partial charge in [-0.15, -0.1) is 0 Å². The minimum atomic E-state index is -0.109. The summed E-state index contributed by atoms with van der Waals surface area (Å²) in [7, 11) is 1.22. The predicted octanol–water partition coefficient (Wildman–Crippen LogP) is 1.99. The van der Waals surface area contributed by atoms with Crippen molar-refractivity contribution in [2.45, 2.75) is 37.8 Å². The zero-order chi connectivity index (χ0) is 21.5. The first-order valence-electron chi connectivity index (χ1n) is 10.3. The summed E-state index contributed by atoms with van der Waals surface area (Å²) in [5.41, 5.74) is 0. The third-order valence-corrected chi connectivity index (χ3v) is 4.64. The van der Waals surface area contributed by atoms with Gasteiger partial charge in [0.1, 0.15) is 23.0 Å². The molecule has 4 rings (SSSR count). The van der Waals surface area contributed by atoms with Crippen molar-refractivity contribution < 1.29 is 28.4 Å². The topological polar surface area (TPSA) is 95.1 Å². The quantitative estimate of drug-likeness (QED) is 0.507. The second-order valence-corrected chi connectivity index (χ2v) is 7.54. The van der Waals surface area contributed by atoms with Crippen molar-refractivity contribution in [3.05, 3.63) is 48.5 Å². The van der Waals surface area contributed by atoms with E-state index in [1.54, 1.807) is 48.5 Å². The Hall–Kier alpha value is -3.36. The molecular weight excluding hydrogens is 399 g/mol. The summed E-state index contributed by atoms with van der Waals surface area (Å²) in [5.74, 6) is 2.08. The second-order valence-electron chi connectivity index (χ2n) is 7.54. The maximum absolute atomic E-state index is 11.6. The van der Waals surface area contributed by atoms with Gasteiger partial charge < -0.3 is 29.4 Å². The van der Waals surface area contributed by atoms with E-state index in [-0.39, 0.29) is 25.0 Å². The molecule has 9 heteroatoms. The van der Waals surface area contributed by atoms with Crippen LogP contribution in [0.2, 0.25) is 0 Å². The van der Waals surface area contributed by atoms with Gasteiger partial charge in [-0.25, -0.2) is 0 Å². The summed E-state index contributed by atoms with van der Waals surface area (Å²) >= 11 is 0. The van der Waals surface area contributed by atoms with E-state index >= 15 is 0 Å². The average molecular weight is 423 g/mol. The number of nitrogens with one attached hydrogen (secondary N) is 2. The summed E-state index contributed by atoms with van der Waals surface area (Å²) in [4.78, 5) is 23.3. The van der Waals surface area contributed by atoms with Crippen molar-refractivity contribution in [1.82, 2.24) is 10.6 Å². The molecule has 2 aromatic carbocycles. The molecule has 0 saturated heterocycles. The number of carbonyl (C=O) groups is 2. The van der Waals surface area contributed by atoms with E-state index in [0.29, 0.717) is 35.1 Å². The Bertz CT molecular complexity index is 808. The Labute approximate surface area is 181 Å². The van der Waals surface area contributed by atoms with E-state index in [4.69, 9.17) is 18.8 Å². The van der Waals surface area contributed by atoms with E-state index in [1.807, 2.05) is 0 Å². The zero-order valence-electron chi connectivity index (χ0n) is 17.0. The molecule has 31 heavy (non-hydrogen) atoms. The minimum absolute atomic E-state index is 0.00313. The molecule has 0 aromatic heterocycles. The van der Waals surface area contributed by atoms with Gasteiger partial charge in [0, 0.05) is 12.1 Å². The lowest BCUT2D eigenvalue weighted by molar-refractivity contribution is -0.124. The van der Waals surface area contributed by atoms with Gasteiger partial charge in [0.2, 0.25) is 0 Å². The maximum Gasteiger partial charge on any atom is 0.658 e. The number of hydrogen-bond donors (Lipinski definition) is 2. The largest absolute Gasteiger partial charge is 0.658 e. The lowest BCUT2D eigenvalue weighted by Gasteiger charge is -2.10. The fourth-order valence-corrected chi connectivity index (χ4v) is 2.66. The second kappa shape index (κ2) is 10.1. The van der Waals surface area contributed by atoms with Gasteiger partial charge >= 0.3 is 7.69 Å². The van der Waals surface area contributed by atoms with Gasteiger partial charge in [0.25, 0.3) is 11.8 Å². The van der Waals surface area contributed by atoms with Crippen LogP contribution >= 0.6 is 0 Å². The smallest absolute Gasteiger partial charge is 0.526 e. The van der Waals surface area contributed by atoms with E-state index in [0.717, 1.165) is 25.7 Å². The fraction of sp³-hybridized carbons (Fsp3) is 0.364. The number of hydrogen-bond acceptors (Lipinski definition) is 6. The van der Waals surface area contributed by atoms with Crippen molar-refractivity contribution in [2.75, 3.05) is 13.2 Å². The molecule has 0 unspecified atom stereocenters. The first kappa shape index (κ1) is 20.9. The molecule has 0 heterocycles. The average Bonchev–Trinajstić information content (AvgIpc) is 3.70. The molecule has 2 aromatic rings. The van der Waals surface area contributed by atoms with Crippen molar-refractivity contribution in [3.63, 3.8) is 0 Å². The molecule has 2 amide bonds. The van der Waals surface area contributed by atoms with Crippen LogP contribution in [-0.2, 0) is 9.59 Å². The number of benzene rings is 2. The normalized spacial score (nSPS) is 14.8. The van der Waals surface area contributed by atoms with Crippen LogP contribution in [0.3, 0.4) is 0 Å². The lowest BCUT2D eigenvalue weighted by Crippen LogP contribution is -2.30. The zero-order valence-corrected chi connectivity index (χ0v) is 17.0. The van der Waals surface area contributed by atoms with Gasteiger partial charge in [0.15, 0.2) is 13.2 Å². The minimum Gasteiger partial charge on any atom is -0.526 e. The summed E-state index contributed by atoms with van der Waals surface area (Å²) in [6.07, 6.45) is 4.20. The van der Waals surface area contributed by atoms with Crippen LogP contribution in [0, 0.1) is 0 Å². The summed E-state index contributed by atoms with van der Waals surface area (Å²) in [6.45, 7) is -0.00627. The Kier molecular flexibility index (Phi) is 6.81. The Morgan fingerprint density at radius 1 is 0.677 bits per heavy atom. The van der Waals surface area contributed by atoms with Gasteiger partial charge in [-0.05, 0) is 74.2 Å². The molecule has 2 aliphatic rings. The molecule has 0 spiro atoms. The Balaban J connectivity index is 1.12. The molecule has 8 nitrogen and oxygen atoms in total. The molecule has 2 fully saturated rings. The van der Waals surface area contributed by atoms with E-state index in [2.05, 4.69) is 10.6 Å². The predicted molar refractivity (Wildman–Crippen MR) is 113 cm³/mol. The van der Waals surface area contributed by atoms with Crippen molar-refractivity contribution in [3.8, 4) is 23.0 Å². The monoisotopic (exact) mass is 423 g/mol. The van der Waals surface area contributed by atoms with E-state index in [1.165, 1.54) is 7.69 Å². The van der Waals surface area contributed by atoms with Crippen molar-refractivity contribution in [2.24, 2.45) is 0 Å². The third kappa shape index (κ3) is 7.44. The van der Waals surface area contributed by atoms with E-state index < -0.39 is 0 Å².